The van der Waals surface area contributed by atoms with Gasteiger partial charge in [-0.05, 0) is 0 Å². The van der Waals surface area contributed by atoms with E-state index in [1.807, 2.05) is 7.05 Å². The van der Waals surface area contributed by atoms with Gasteiger partial charge in [0.1, 0.15) is 0 Å². The van der Waals surface area contributed by atoms with Crippen molar-refractivity contribution in [2.24, 2.45) is 0 Å². The summed E-state index contributed by atoms with van der Waals surface area (Å²) >= 11 is 0. The SMILES string of the molecule is CNc1cn[nH]c1.Cl.Cl. The van der Waals surface area contributed by atoms with Crippen LogP contribution in [0.4, 0.5) is 5.69 Å². The van der Waals surface area contributed by atoms with Crippen molar-refractivity contribution in [1.82, 2.24) is 10.2 Å². The Hall–Kier alpha value is -0.410. The lowest BCUT2D eigenvalue weighted by atomic mass is 10.6. The zero-order valence-corrected chi connectivity index (χ0v) is 6.55. The van der Waals surface area contributed by atoms with Crippen molar-refractivity contribution in [3.8, 4) is 0 Å². The molecule has 3 nitrogen and oxygen atoms in total. The minimum Gasteiger partial charge on any atom is -0.386 e. The molecular weight excluding hydrogens is 161 g/mol. The summed E-state index contributed by atoms with van der Waals surface area (Å²) < 4.78 is 0. The number of anilines is 1. The van der Waals surface area contributed by atoms with E-state index in [9.17, 15) is 0 Å². The smallest absolute Gasteiger partial charge is 0.0721 e. The van der Waals surface area contributed by atoms with Crippen LogP contribution in [0.5, 0.6) is 0 Å². The van der Waals surface area contributed by atoms with Gasteiger partial charge in [-0.25, -0.2) is 0 Å². The van der Waals surface area contributed by atoms with Crippen molar-refractivity contribution in [2.75, 3.05) is 12.4 Å². The highest BCUT2D eigenvalue weighted by Crippen LogP contribution is 1.96. The van der Waals surface area contributed by atoms with Gasteiger partial charge in [-0.3, -0.25) is 5.10 Å². The van der Waals surface area contributed by atoms with Crippen LogP contribution in [0.1, 0.15) is 0 Å². The van der Waals surface area contributed by atoms with Gasteiger partial charge in [-0.2, -0.15) is 5.10 Å². The van der Waals surface area contributed by atoms with Gasteiger partial charge in [0.2, 0.25) is 0 Å². The second kappa shape index (κ2) is 5.72. The van der Waals surface area contributed by atoms with Crippen molar-refractivity contribution in [3.63, 3.8) is 0 Å². The number of aromatic amines is 1. The number of hydrogen-bond donors (Lipinski definition) is 2. The molecular formula is C4H9Cl2N3. The van der Waals surface area contributed by atoms with E-state index in [2.05, 4.69) is 15.5 Å². The lowest BCUT2D eigenvalue weighted by Gasteiger charge is -1.84. The number of hydrogen-bond acceptors (Lipinski definition) is 2. The molecule has 2 N–H and O–H groups in total. The van der Waals surface area contributed by atoms with Crippen molar-refractivity contribution < 1.29 is 0 Å². The summed E-state index contributed by atoms with van der Waals surface area (Å²) in [6.45, 7) is 0. The van der Waals surface area contributed by atoms with Gasteiger partial charge in [-0.15, -0.1) is 24.8 Å². The number of rotatable bonds is 1. The molecule has 0 aliphatic heterocycles. The topological polar surface area (TPSA) is 40.7 Å². The Morgan fingerprint density at radius 2 is 2.22 bits per heavy atom. The van der Waals surface area contributed by atoms with E-state index in [1.54, 1.807) is 12.4 Å². The molecule has 1 aromatic heterocycles. The maximum absolute atomic E-state index is 3.71. The molecule has 0 fully saturated rings. The van der Waals surface area contributed by atoms with Gasteiger partial charge in [0, 0.05) is 13.2 Å². The molecule has 9 heavy (non-hydrogen) atoms. The van der Waals surface area contributed by atoms with Crippen LogP contribution in [-0.4, -0.2) is 17.2 Å². The molecule has 0 unspecified atom stereocenters. The number of H-pyrrole nitrogens is 1. The number of nitrogens with zero attached hydrogens (tertiary/aromatic N) is 1. The fourth-order valence-electron chi connectivity index (χ4n) is 0.388. The molecule has 0 saturated heterocycles. The standard InChI is InChI=1S/C4H7N3.2ClH/c1-5-4-2-6-7-3-4;;/h2-3,5H,1H3,(H,6,7);2*1H. The van der Waals surface area contributed by atoms with E-state index in [0.29, 0.717) is 0 Å². The highest BCUT2D eigenvalue weighted by atomic mass is 35.5. The quantitative estimate of drug-likeness (QED) is 0.666. The van der Waals surface area contributed by atoms with E-state index in [1.165, 1.54) is 0 Å². The third-order valence-corrected chi connectivity index (χ3v) is 0.787. The molecule has 0 bridgehead atoms. The summed E-state index contributed by atoms with van der Waals surface area (Å²) in [7, 11) is 1.85. The maximum atomic E-state index is 3.71. The normalized spacial score (nSPS) is 6.78. The van der Waals surface area contributed by atoms with Crippen LogP contribution in [0.2, 0.25) is 0 Å². The van der Waals surface area contributed by atoms with Gasteiger partial charge in [0.25, 0.3) is 0 Å². The van der Waals surface area contributed by atoms with Gasteiger partial charge in [-0.1, -0.05) is 0 Å². The van der Waals surface area contributed by atoms with E-state index < -0.39 is 0 Å². The van der Waals surface area contributed by atoms with Gasteiger partial charge >= 0.3 is 0 Å². The second-order valence-corrected chi connectivity index (χ2v) is 1.24. The Kier molecular flexibility index (Phi) is 7.24. The van der Waals surface area contributed by atoms with Gasteiger partial charge in [0.15, 0.2) is 0 Å². The summed E-state index contributed by atoms with van der Waals surface area (Å²) in [5.41, 5.74) is 1.01. The Bertz CT molecular complexity index is 128. The second-order valence-electron chi connectivity index (χ2n) is 1.24. The summed E-state index contributed by atoms with van der Waals surface area (Å²) in [4.78, 5) is 0. The third-order valence-electron chi connectivity index (χ3n) is 0.787. The predicted octanol–water partition coefficient (Wildman–Crippen LogP) is 1.29. The van der Waals surface area contributed by atoms with E-state index >= 15 is 0 Å². The van der Waals surface area contributed by atoms with Crippen molar-refractivity contribution in [3.05, 3.63) is 12.4 Å². The van der Waals surface area contributed by atoms with Crippen LogP contribution in [0.25, 0.3) is 0 Å². The maximum Gasteiger partial charge on any atom is 0.0721 e. The fourth-order valence-corrected chi connectivity index (χ4v) is 0.388. The number of nitrogens with one attached hydrogen (secondary N) is 2. The zero-order valence-electron chi connectivity index (χ0n) is 4.92. The first kappa shape index (κ1) is 11.4. The zero-order chi connectivity index (χ0) is 5.11. The molecule has 0 atom stereocenters. The average Bonchev–Trinajstić information content (AvgIpc) is 2.14. The lowest BCUT2D eigenvalue weighted by molar-refractivity contribution is 1.09. The first-order valence-corrected chi connectivity index (χ1v) is 2.10. The monoisotopic (exact) mass is 169 g/mol. The van der Waals surface area contributed by atoms with Gasteiger partial charge in [0.05, 0.1) is 11.9 Å². The largest absolute Gasteiger partial charge is 0.386 e. The van der Waals surface area contributed by atoms with E-state index in [0.717, 1.165) is 5.69 Å². The molecule has 5 heteroatoms. The van der Waals surface area contributed by atoms with Crippen molar-refractivity contribution in [1.29, 1.82) is 0 Å². The summed E-state index contributed by atoms with van der Waals surface area (Å²) in [5, 5.41) is 9.29. The molecule has 0 radical (unpaired) electrons. The van der Waals surface area contributed by atoms with Crippen LogP contribution in [-0.2, 0) is 0 Å². The summed E-state index contributed by atoms with van der Waals surface area (Å²) in [5.74, 6) is 0. The van der Waals surface area contributed by atoms with E-state index in [4.69, 9.17) is 0 Å². The predicted molar refractivity (Wildman–Crippen MR) is 42.6 cm³/mol. The van der Waals surface area contributed by atoms with Crippen molar-refractivity contribution >= 4 is 30.5 Å². The molecule has 0 amide bonds. The molecule has 0 aliphatic carbocycles. The van der Waals surface area contributed by atoms with Gasteiger partial charge < -0.3 is 5.32 Å². The summed E-state index contributed by atoms with van der Waals surface area (Å²) in [6.07, 6.45) is 3.51. The lowest BCUT2D eigenvalue weighted by Crippen LogP contribution is -1.81. The Morgan fingerprint density at radius 3 is 2.44 bits per heavy atom. The first-order valence-electron chi connectivity index (χ1n) is 2.10. The fraction of sp³-hybridized carbons (Fsp3) is 0.250. The van der Waals surface area contributed by atoms with Crippen molar-refractivity contribution in [2.45, 2.75) is 0 Å². The van der Waals surface area contributed by atoms with Crippen LogP contribution < -0.4 is 5.32 Å². The molecule has 1 rings (SSSR count). The van der Waals surface area contributed by atoms with Crippen LogP contribution in [0, 0.1) is 0 Å². The molecule has 0 spiro atoms. The summed E-state index contributed by atoms with van der Waals surface area (Å²) in [6, 6.07) is 0. The average molecular weight is 170 g/mol. The highest BCUT2D eigenvalue weighted by Gasteiger charge is 1.80. The molecule has 1 aromatic rings. The highest BCUT2D eigenvalue weighted by molar-refractivity contribution is 5.85. The number of halogens is 2. The molecule has 0 aromatic carbocycles. The number of aromatic nitrogens is 2. The Labute approximate surface area is 66.0 Å². The molecule has 1 heterocycles. The minimum absolute atomic E-state index is 0. The van der Waals surface area contributed by atoms with Crippen LogP contribution in [0.15, 0.2) is 12.4 Å². The van der Waals surface area contributed by atoms with E-state index in [-0.39, 0.29) is 24.8 Å². The Morgan fingerprint density at radius 1 is 1.56 bits per heavy atom. The first-order chi connectivity index (χ1) is 3.43. The van der Waals surface area contributed by atoms with Crippen LogP contribution >= 0.6 is 24.8 Å². The third kappa shape index (κ3) is 3.21. The molecule has 0 aliphatic rings. The minimum atomic E-state index is 0. The molecule has 0 saturated carbocycles. The molecule has 54 valence electrons. The van der Waals surface area contributed by atoms with Crippen LogP contribution in [0.3, 0.4) is 0 Å². The Balaban J connectivity index is 0.